The summed E-state index contributed by atoms with van der Waals surface area (Å²) >= 11 is 11.9. The summed E-state index contributed by atoms with van der Waals surface area (Å²) in [6.45, 7) is 0. The Morgan fingerprint density at radius 2 is 1.65 bits per heavy atom. The first-order valence-electron chi connectivity index (χ1n) is 4.97. The van der Waals surface area contributed by atoms with Gasteiger partial charge in [-0.1, -0.05) is 47.5 Å². The molecule has 0 amide bonds. The molecule has 0 aliphatic heterocycles. The Bertz CT molecular complexity index is 525. The number of benzene rings is 2. The Hall–Kier alpha value is -1.09. The molecule has 0 heterocycles. The number of halogens is 3. The second kappa shape index (κ2) is 5.05. The van der Waals surface area contributed by atoms with Gasteiger partial charge in [-0.05, 0) is 23.8 Å². The Balaban J connectivity index is 2.40. The number of aliphatic hydroxyl groups is 1. The topological polar surface area (TPSA) is 20.2 Å². The molecule has 2 aromatic carbocycles. The molecule has 0 spiro atoms. The van der Waals surface area contributed by atoms with Crippen molar-refractivity contribution < 1.29 is 9.50 Å². The van der Waals surface area contributed by atoms with Gasteiger partial charge in [0.05, 0.1) is 10.0 Å². The van der Waals surface area contributed by atoms with Crippen LogP contribution >= 0.6 is 23.2 Å². The predicted octanol–water partition coefficient (Wildman–Crippen LogP) is 4.21. The summed E-state index contributed by atoms with van der Waals surface area (Å²) in [6.07, 6.45) is -0.915. The lowest BCUT2D eigenvalue weighted by atomic mass is 10.0. The highest BCUT2D eigenvalue weighted by Gasteiger charge is 2.15. The maximum Gasteiger partial charge on any atom is 0.123 e. The second-order valence-corrected chi connectivity index (χ2v) is 4.38. The van der Waals surface area contributed by atoms with Crippen LogP contribution in [-0.2, 0) is 0 Å². The van der Waals surface area contributed by atoms with Gasteiger partial charge in [-0.3, -0.25) is 0 Å². The van der Waals surface area contributed by atoms with E-state index in [-0.39, 0.29) is 5.82 Å². The summed E-state index contributed by atoms with van der Waals surface area (Å²) in [4.78, 5) is 0. The molecule has 1 nitrogen and oxygen atoms in total. The molecule has 1 atom stereocenters. The average Bonchev–Trinajstić information content (AvgIpc) is 2.33. The van der Waals surface area contributed by atoms with E-state index in [9.17, 15) is 9.50 Å². The van der Waals surface area contributed by atoms with E-state index < -0.39 is 6.10 Å². The zero-order valence-corrected chi connectivity index (χ0v) is 10.2. The van der Waals surface area contributed by atoms with Gasteiger partial charge in [-0.15, -0.1) is 0 Å². The number of hydrogen-bond donors (Lipinski definition) is 1. The lowest BCUT2D eigenvalue weighted by Gasteiger charge is -2.13. The normalized spacial score (nSPS) is 12.5. The fraction of sp³-hybridized carbons (Fsp3) is 0.0769. The molecule has 1 N–H and O–H groups in total. The lowest BCUT2D eigenvalue weighted by molar-refractivity contribution is 0.220. The highest BCUT2D eigenvalue weighted by molar-refractivity contribution is 6.42. The summed E-state index contributed by atoms with van der Waals surface area (Å²) < 4.78 is 12.8. The standard InChI is InChI=1S/C13H9Cl2FO/c14-11-3-1-2-10(12(11)15)13(17)8-4-6-9(16)7-5-8/h1-7,13,17H. The molecule has 0 radical (unpaired) electrons. The SMILES string of the molecule is OC(c1ccc(F)cc1)c1cccc(Cl)c1Cl. The summed E-state index contributed by atoms with van der Waals surface area (Å²) in [5.74, 6) is -0.349. The van der Waals surface area contributed by atoms with E-state index in [2.05, 4.69) is 0 Å². The van der Waals surface area contributed by atoms with Crippen molar-refractivity contribution in [2.24, 2.45) is 0 Å². The Morgan fingerprint density at radius 3 is 2.29 bits per heavy atom. The highest BCUT2D eigenvalue weighted by atomic mass is 35.5. The van der Waals surface area contributed by atoms with Crippen LogP contribution in [0.15, 0.2) is 42.5 Å². The van der Waals surface area contributed by atoms with Gasteiger partial charge in [-0.25, -0.2) is 4.39 Å². The number of hydrogen-bond acceptors (Lipinski definition) is 1. The van der Waals surface area contributed by atoms with Gasteiger partial charge in [0.25, 0.3) is 0 Å². The summed E-state index contributed by atoms with van der Waals surface area (Å²) in [6, 6.07) is 10.6. The van der Waals surface area contributed by atoms with Crippen LogP contribution in [0.2, 0.25) is 10.0 Å². The van der Waals surface area contributed by atoms with Crippen molar-refractivity contribution in [3.63, 3.8) is 0 Å². The lowest BCUT2D eigenvalue weighted by Crippen LogP contribution is -2.00. The molecule has 0 saturated carbocycles. The molecule has 0 aliphatic carbocycles. The van der Waals surface area contributed by atoms with Crippen molar-refractivity contribution in [1.82, 2.24) is 0 Å². The maximum atomic E-state index is 12.8. The molecule has 88 valence electrons. The molecule has 0 aliphatic rings. The third kappa shape index (κ3) is 2.60. The van der Waals surface area contributed by atoms with Crippen LogP contribution in [0.1, 0.15) is 17.2 Å². The molecule has 0 saturated heterocycles. The van der Waals surface area contributed by atoms with Gasteiger partial charge < -0.3 is 5.11 Å². The van der Waals surface area contributed by atoms with Gasteiger partial charge in [-0.2, -0.15) is 0 Å². The Kier molecular flexibility index (Phi) is 3.67. The van der Waals surface area contributed by atoms with Gasteiger partial charge in [0.2, 0.25) is 0 Å². The van der Waals surface area contributed by atoms with Crippen molar-refractivity contribution >= 4 is 23.2 Å². The minimum Gasteiger partial charge on any atom is -0.384 e. The van der Waals surface area contributed by atoms with Crippen LogP contribution < -0.4 is 0 Å². The van der Waals surface area contributed by atoms with E-state index in [4.69, 9.17) is 23.2 Å². The van der Waals surface area contributed by atoms with Gasteiger partial charge >= 0.3 is 0 Å². The molecular formula is C13H9Cl2FO. The molecule has 0 aromatic heterocycles. The van der Waals surface area contributed by atoms with Crippen LogP contribution in [0, 0.1) is 5.82 Å². The van der Waals surface area contributed by atoms with E-state index >= 15 is 0 Å². The molecule has 4 heteroatoms. The first kappa shape index (κ1) is 12.4. The fourth-order valence-corrected chi connectivity index (χ4v) is 1.97. The average molecular weight is 271 g/mol. The maximum absolute atomic E-state index is 12.8. The summed E-state index contributed by atoms with van der Waals surface area (Å²) in [5, 5.41) is 10.8. The van der Waals surface area contributed by atoms with Gasteiger partial charge in [0, 0.05) is 5.56 Å². The Labute approximate surface area is 108 Å². The van der Waals surface area contributed by atoms with Crippen molar-refractivity contribution in [2.45, 2.75) is 6.10 Å². The zero-order valence-electron chi connectivity index (χ0n) is 8.70. The van der Waals surface area contributed by atoms with E-state index in [0.29, 0.717) is 21.2 Å². The molecule has 1 unspecified atom stereocenters. The largest absolute Gasteiger partial charge is 0.384 e. The zero-order chi connectivity index (χ0) is 12.4. The molecule has 2 rings (SSSR count). The number of rotatable bonds is 2. The minimum atomic E-state index is -0.915. The third-order valence-corrected chi connectivity index (χ3v) is 3.30. The van der Waals surface area contributed by atoms with E-state index in [1.54, 1.807) is 18.2 Å². The predicted molar refractivity (Wildman–Crippen MR) is 66.9 cm³/mol. The van der Waals surface area contributed by atoms with E-state index in [0.717, 1.165) is 0 Å². The van der Waals surface area contributed by atoms with Crippen LogP contribution in [-0.4, -0.2) is 5.11 Å². The van der Waals surface area contributed by atoms with Crippen molar-refractivity contribution in [3.8, 4) is 0 Å². The minimum absolute atomic E-state index is 0.311. The quantitative estimate of drug-likeness (QED) is 0.867. The monoisotopic (exact) mass is 270 g/mol. The van der Waals surface area contributed by atoms with Crippen molar-refractivity contribution in [1.29, 1.82) is 0 Å². The van der Waals surface area contributed by atoms with Crippen LogP contribution in [0.4, 0.5) is 4.39 Å². The highest BCUT2D eigenvalue weighted by Crippen LogP contribution is 2.32. The smallest absolute Gasteiger partial charge is 0.123 e. The van der Waals surface area contributed by atoms with Gasteiger partial charge in [0.15, 0.2) is 0 Å². The molecule has 0 bridgehead atoms. The van der Waals surface area contributed by atoms with E-state index in [1.165, 1.54) is 24.3 Å². The molecule has 17 heavy (non-hydrogen) atoms. The van der Waals surface area contributed by atoms with Crippen LogP contribution in [0.25, 0.3) is 0 Å². The molecule has 2 aromatic rings. The first-order chi connectivity index (χ1) is 8.09. The summed E-state index contributed by atoms with van der Waals surface area (Å²) in [5.41, 5.74) is 1.07. The summed E-state index contributed by atoms with van der Waals surface area (Å²) in [7, 11) is 0. The molecule has 0 fully saturated rings. The van der Waals surface area contributed by atoms with E-state index in [1.807, 2.05) is 0 Å². The second-order valence-electron chi connectivity index (χ2n) is 3.60. The Morgan fingerprint density at radius 1 is 1.00 bits per heavy atom. The fourth-order valence-electron chi connectivity index (χ4n) is 1.56. The van der Waals surface area contributed by atoms with Crippen molar-refractivity contribution in [3.05, 3.63) is 69.5 Å². The first-order valence-corrected chi connectivity index (χ1v) is 5.72. The van der Waals surface area contributed by atoms with Gasteiger partial charge in [0.1, 0.15) is 11.9 Å². The molecular weight excluding hydrogens is 262 g/mol. The third-order valence-electron chi connectivity index (χ3n) is 2.46. The number of aliphatic hydroxyl groups excluding tert-OH is 1. The van der Waals surface area contributed by atoms with Crippen LogP contribution in [0.3, 0.4) is 0 Å². The van der Waals surface area contributed by atoms with Crippen molar-refractivity contribution in [2.75, 3.05) is 0 Å². The van der Waals surface area contributed by atoms with Crippen LogP contribution in [0.5, 0.6) is 0 Å².